The smallest absolute Gasteiger partial charge is 0.258 e. The molecule has 0 aliphatic heterocycles. The SMILES string of the molecule is O=C(Cn1ccc2ccccc2c1=O)NCCC(=O)Nc1nc2ccccc2s1. The van der Waals surface area contributed by atoms with E-state index in [4.69, 9.17) is 0 Å². The molecule has 2 N–H and O–H groups in total. The van der Waals surface area contributed by atoms with Gasteiger partial charge in [-0.05, 0) is 29.7 Å². The van der Waals surface area contributed by atoms with Crippen LogP contribution in [0, 0.1) is 0 Å². The Labute approximate surface area is 170 Å². The molecule has 0 saturated carbocycles. The molecule has 0 spiro atoms. The van der Waals surface area contributed by atoms with Crippen LogP contribution in [0.25, 0.3) is 21.0 Å². The topological polar surface area (TPSA) is 93.1 Å². The zero-order chi connectivity index (χ0) is 20.2. The summed E-state index contributed by atoms with van der Waals surface area (Å²) in [5.74, 6) is -0.553. The molecule has 0 saturated heterocycles. The molecule has 0 fully saturated rings. The predicted octanol–water partition coefficient (Wildman–Crippen LogP) is 2.76. The number of amides is 2. The summed E-state index contributed by atoms with van der Waals surface area (Å²) in [6.07, 6.45) is 1.72. The van der Waals surface area contributed by atoms with Crippen LogP contribution in [0.1, 0.15) is 6.42 Å². The Balaban J connectivity index is 1.29. The molecule has 2 amide bonds. The molecule has 0 bridgehead atoms. The molecule has 4 aromatic rings. The van der Waals surface area contributed by atoms with Crippen molar-refractivity contribution in [1.29, 1.82) is 0 Å². The summed E-state index contributed by atoms with van der Waals surface area (Å²) in [7, 11) is 0. The lowest BCUT2D eigenvalue weighted by Crippen LogP contribution is -2.33. The molecule has 146 valence electrons. The largest absolute Gasteiger partial charge is 0.354 e. The van der Waals surface area contributed by atoms with Crippen LogP contribution in [0.2, 0.25) is 0 Å². The first-order chi connectivity index (χ1) is 14.1. The molecule has 4 rings (SSSR count). The molecule has 0 aliphatic carbocycles. The number of nitrogens with one attached hydrogen (secondary N) is 2. The van der Waals surface area contributed by atoms with Crippen molar-refractivity contribution >= 4 is 49.3 Å². The van der Waals surface area contributed by atoms with Crippen LogP contribution >= 0.6 is 11.3 Å². The quantitative estimate of drug-likeness (QED) is 0.515. The molecular weight excluding hydrogens is 388 g/mol. The molecule has 2 heterocycles. The second-order valence-electron chi connectivity index (χ2n) is 6.47. The van der Waals surface area contributed by atoms with Gasteiger partial charge < -0.3 is 15.2 Å². The lowest BCUT2D eigenvalue weighted by Gasteiger charge is -2.08. The summed E-state index contributed by atoms with van der Waals surface area (Å²) in [4.78, 5) is 41.0. The number of benzene rings is 2. The van der Waals surface area contributed by atoms with Crippen LogP contribution in [-0.2, 0) is 16.1 Å². The highest BCUT2D eigenvalue weighted by Gasteiger charge is 2.10. The van der Waals surface area contributed by atoms with Crippen LogP contribution in [0.15, 0.2) is 65.6 Å². The Hall–Kier alpha value is -3.52. The lowest BCUT2D eigenvalue weighted by molar-refractivity contribution is -0.121. The third-order valence-electron chi connectivity index (χ3n) is 4.41. The van der Waals surface area contributed by atoms with E-state index in [1.807, 2.05) is 36.4 Å². The van der Waals surface area contributed by atoms with Crippen molar-refractivity contribution in [3.8, 4) is 0 Å². The maximum absolute atomic E-state index is 12.4. The molecule has 8 heteroatoms. The number of thiazole rings is 1. The van der Waals surface area contributed by atoms with E-state index >= 15 is 0 Å². The van der Waals surface area contributed by atoms with Gasteiger partial charge in [-0.3, -0.25) is 14.4 Å². The molecule has 0 atom stereocenters. The molecule has 7 nitrogen and oxygen atoms in total. The van der Waals surface area contributed by atoms with Crippen LogP contribution in [0.3, 0.4) is 0 Å². The number of pyridine rings is 1. The number of aromatic nitrogens is 2. The van der Waals surface area contributed by atoms with Gasteiger partial charge in [0, 0.05) is 24.5 Å². The number of para-hydroxylation sites is 1. The van der Waals surface area contributed by atoms with Gasteiger partial charge in [-0.2, -0.15) is 0 Å². The van der Waals surface area contributed by atoms with E-state index in [0.717, 1.165) is 15.6 Å². The van der Waals surface area contributed by atoms with E-state index in [9.17, 15) is 14.4 Å². The second-order valence-corrected chi connectivity index (χ2v) is 7.50. The second kappa shape index (κ2) is 8.24. The third kappa shape index (κ3) is 4.33. The van der Waals surface area contributed by atoms with Crippen LogP contribution in [0.4, 0.5) is 5.13 Å². The summed E-state index contributed by atoms with van der Waals surface area (Å²) in [6.45, 7) is 0.0844. The van der Waals surface area contributed by atoms with Gasteiger partial charge in [0.25, 0.3) is 5.56 Å². The predicted molar refractivity (Wildman–Crippen MR) is 114 cm³/mol. The van der Waals surface area contributed by atoms with E-state index in [1.54, 1.807) is 24.4 Å². The first-order valence-corrected chi connectivity index (χ1v) is 9.92. The van der Waals surface area contributed by atoms with Gasteiger partial charge >= 0.3 is 0 Å². The van der Waals surface area contributed by atoms with E-state index in [1.165, 1.54) is 15.9 Å². The number of carbonyl (C=O) groups is 2. The summed E-state index contributed by atoms with van der Waals surface area (Å²) in [5, 5.41) is 7.35. The van der Waals surface area contributed by atoms with Gasteiger partial charge in [0.05, 0.1) is 10.2 Å². The normalized spacial score (nSPS) is 10.9. The van der Waals surface area contributed by atoms with Crippen molar-refractivity contribution in [1.82, 2.24) is 14.9 Å². The van der Waals surface area contributed by atoms with Gasteiger partial charge in [-0.15, -0.1) is 0 Å². The fourth-order valence-corrected chi connectivity index (χ4v) is 3.87. The Kier molecular flexibility index (Phi) is 5.35. The average molecular weight is 406 g/mol. The van der Waals surface area contributed by atoms with Crippen molar-refractivity contribution in [2.24, 2.45) is 0 Å². The Morgan fingerprint density at radius 1 is 1.00 bits per heavy atom. The van der Waals surface area contributed by atoms with Crippen molar-refractivity contribution in [3.05, 3.63) is 71.1 Å². The number of carbonyl (C=O) groups excluding carboxylic acids is 2. The first kappa shape index (κ1) is 18.8. The van der Waals surface area contributed by atoms with Gasteiger partial charge in [-0.25, -0.2) is 4.98 Å². The number of fused-ring (bicyclic) bond motifs is 2. The minimum atomic E-state index is -0.324. The van der Waals surface area contributed by atoms with Crippen molar-refractivity contribution in [2.75, 3.05) is 11.9 Å². The molecule has 0 radical (unpaired) electrons. The highest BCUT2D eigenvalue weighted by atomic mass is 32.1. The Morgan fingerprint density at radius 2 is 1.79 bits per heavy atom. The maximum atomic E-state index is 12.4. The average Bonchev–Trinajstić information content (AvgIpc) is 3.12. The van der Waals surface area contributed by atoms with Crippen molar-refractivity contribution in [2.45, 2.75) is 13.0 Å². The molecule has 29 heavy (non-hydrogen) atoms. The number of nitrogens with zero attached hydrogens (tertiary/aromatic N) is 2. The highest BCUT2D eigenvalue weighted by Crippen LogP contribution is 2.25. The molecular formula is C21H18N4O3S. The fourth-order valence-electron chi connectivity index (χ4n) is 2.99. The number of anilines is 1. The minimum absolute atomic E-state index is 0.0941. The van der Waals surface area contributed by atoms with E-state index in [-0.39, 0.29) is 36.9 Å². The molecule has 0 aliphatic rings. The Morgan fingerprint density at radius 3 is 2.66 bits per heavy atom. The molecule has 0 unspecified atom stereocenters. The van der Waals surface area contributed by atoms with Crippen LogP contribution in [-0.4, -0.2) is 27.9 Å². The molecule has 2 aromatic carbocycles. The molecule has 2 aromatic heterocycles. The number of rotatable bonds is 6. The van der Waals surface area contributed by atoms with Gasteiger partial charge in [0.2, 0.25) is 11.8 Å². The first-order valence-electron chi connectivity index (χ1n) is 9.10. The van der Waals surface area contributed by atoms with Crippen LogP contribution in [0.5, 0.6) is 0 Å². The van der Waals surface area contributed by atoms with E-state index < -0.39 is 0 Å². The van der Waals surface area contributed by atoms with Crippen molar-refractivity contribution in [3.63, 3.8) is 0 Å². The summed E-state index contributed by atoms with van der Waals surface area (Å²) >= 11 is 1.40. The summed E-state index contributed by atoms with van der Waals surface area (Å²) < 4.78 is 2.36. The highest BCUT2D eigenvalue weighted by molar-refractivity contribution is 7.22. The number of hydrogen-bond acceptors (Lipinski definition) is 5. The zero-order valence-electron chi connectivity index (χ0n) is 15.4. The van der Waals surface area contributed by atoms with Gasteiger partial charge in [-0.1, -0.05) is 41.7 Å². The summed E-state index contributed by atoms with van der Waals surface area (Å²) in [6, 6.07) is 16.7. The minimum Gasteiger partial charge on any atom is -0.354 e. The Bertz CT molecular complexity index is 1230. The maximum Gasteiger partial charge on any atom is 0.258 e. The van der Waals surface area contributed by atoms with Gasteiger partial charge in [0.1, 0.15) is 6.54 Å². The van der Waals surface area contributed by atoms with Crippen molar-refractivity contribution < 1.29 is 9.59 Å². The summed E-state index contributed by atoms with van der Waals surface area (Å²) in [5.41, 5.74) is 0.619. The zero-order valence-corrected chi connectivity index (χ0v) is 16.2. The van der Waals surface area contributed by atoms with E-state index in [2.05, 4.69) is 15.6 Å². The van der Waals surface area contributed by atoms with Gasteiger partial charge in [0.15, 0.2) is 5.13 Å². The monoisotopic (exact) mass is 406 g/mol. The fraction of sp³-hybridized carbons (Fsp3) is 0.143. The third-order valence-corrected chi connectivity index (χ3v) is 5.37. The standard InChI is InChI=1S/C21H18N4O3S/c26-18(24-21-23-16-7-3-4-8-17(16)29-21)9-11-22-19(27)13-25-12-10-14-5-1-2-6-15(14)20(25)28/h1-8,10,12H,9,11,13H2,(H,22,27)(H,23,24,26). The van der Waals surface area contributed by atoms with E-state index in [0.29, 0.717) is 10.5 Å². The van der Waals surface area contributed by atoms with Crippen LogP contribution < -0.4 is 16.2 Å². The number of hydrogen-bond donors (Lipinski definition) is 2. The lowest BCUT2D eigenvalue weighted by atomic mass is 10.2.